The molecule has 21 heavy (non-hydrogen) atoms. The Labute approximate surface area is 128 Å². The molecule has 1 aromatic heterocycles. The summed E-state index contributed by atoms with van der Waals surface area (Å²) in [6.45, 7) is 6.40. The van der Waals surface area contributed by atoms with Gasteiger partial charge in [-0.25, -0.2) is 9.37 Å². The number of hydrogen-bond donors (Lipinski definition) is 1. The minimum atomic E-state index is -0.310. The standard InChI is InChI=1S/C16H19FN2OS/c1-16(2,3)15-19-12(8-21-15)14-7-11(18)10-5-4-9(17)6-13(10)20-14/h4-6,8,11,14H,7,18H2,1-3H3. The van der Waals surface area contributed by atoms with Gasteiger partial charge in [-0.15, -0.1) is 11.3 Å². The number of aromatic nitrogens is 1. The van der Waals surface area contributed by atoms with Gasteiger partial charge in [0, 0.05) is 34.9 Å². The summed E-state index contributed by atoms with van der Waals surface area (Å²) in [5.74, 6) is 0.222. The first-order valence-electron chi connectivity index (χ1n) is 7.02. The number of benzene rings is 1. The molecular formula is C16H19FN2OS. The van der Waals surface area contributed by atoms with Crippen LogP contribution >= 0.6 is 11.3 Å². The first-order valence-corrected chi connectivity index (χ1v) is 7.90. The molecule has 2 heterocycles. The van der Waals surface area contributed by atoms with Gasteiger partial charge in [0.25, 0.3) is 0 Å². The Bertz CT molecular complexity index is 663. The highest BCUT2D eigenvalue weighted by atomic mass is 32.1. The lowest BCUT2D eigenvalue weighted by Gasteiger charge is -2.29. The van der Waals surface area contributed by atoms with E-state index in [-0.39, 0.29) is 23.4 Å². The molecule has 1 aliphatic rings. The summed E-state index contributed by atoms with van der Waals surface area (Å²) in [5, 5.41) is 3.09. The number of thiazole rings is 1. The molecule has 112 valence electrons. The van der Waals surface area contributed by atoms with Gasteiger partial charge in [-0.2, -0.15) is 0 Å². The number of rotatable bonds is 1. The molecule has 0 radical (unpaired) electrons. The Morgan fingerprint density at radius 3 is 2.81 bits per heavy atom. The second kappa shape index (κ2) is 5.07. The van der Waals surface area contributed by atoms with Crippen LogP contribution in [0.4, 0.5) is 4.39 Å². The van der Waals surface area contributed by atoms with Gasteiger partial charge in [0.05, 0.1) is 10.7 Å². The predicted octanol–water partition coefficient (Wildman–Crippen LogP) is 4.10. The fourth-order valence-corrected chi connectivity index (χ4v) is 3.38. The van der Waals surface area contributed by atoms with Crippen LogP contribution in [0.1, 0.15) is 55.6 Å². The monoisotopic (exact) mass is 306 g/mol. The molecule has 0 aliphatic carbocycles. The van der Waals surface area contributed by atoms with Crippen molar-refractivity contribution in [1.82, 2.24) is 4.98 Å². The van der Waals surface area contributed by atoms with Crippen LogP contribution in [0.25, 0.3) is 0 Å². The summed E-state index contributed by atoms with van der Waals surface area (Å²) in [6.07, 6.45) is 0.452. The molecule has 3 nitrogen and oxygen atoms in total. The lowest BCUT2D eigenvalue weighted by atomic mass is 9.95. The SMILES string of the molecule is CC(C)(C)c1nc(C2CC(N)c3ccc(F)cc3O2)cs1. The summed E-state index contributed by atoms with van der Waals surface area (Å²) < 4.78 is 19.3. The van der Waals surface area contributed by atoms with Crippen molar-refractivity contribution in [1.29, 1.82) is 0 Å². The Kier molecular flexibility index (Phi) is 3.50. The molecule has 5 heteroatoms. The molecule has 2 N–H and O–H groups in total. The fraction of sp³-hybridized carbons (Fsp3) is 0.438. The Morgan fingerprint density at radius 2 is 2.14 bits per heavy atom. The first-order chi connectivity index (χ1) is 9.84. The second-order valence-corrected chi connectivity index (χ2v) is 7.32. The van der Waals surface area contributed by atoms with E-state index in [1.807, 2.05) is 5.38 Å². The molecule has 3 rings (SSSR count). The van der Waals surface area contributed by atoms with E-state index in [4.69, 9.17) is 10.5 Å². The zero-order valence-corrected chi connectivity index (χ0v) is 13.2. The van der Waals surface area contributed by atoms with E-state index < -0.39 is 0 Å². The van der Waals surface area contributed by atoms with Crippen molar-refractivity contribution in [2.75, 3.05) is 0 Å². The molecule has 0 saturated carbocycles. The maximum Gasteiger partial charge on any atom is 0.143 e. The quantitative estimate of drug-likeness (QED) is 0.862. The summed E-state index contributed by atoms with van der Waals surface area (Å²) in [6, 6.07) is 4.37. The summed E-state index contributed by atoms with van der Waals surface area (Å²) in [7, 11) is 0. The van der Waals surface area contributed by atoms with E-state index in [0.717, 1.165) is 16.3 Å². The van der Waals surface area contributed by atoms with Crippen molar-refractivity contribution in [2.45, 2.75) is 44.8 Å². The zero-order valence-electron chi connectivity index (χ0n) is 12.4. The van der Waals surface area contributed by atoms with E-state index in [9.17, 15) is 4.39 Å². The highest BCUT2D eigenvalue weighted by Crippen LogP contribution is 2.40. The third-order valence-corrected chi connectivity index (χ3v) is 4.89. The van der Waals surface area contributed by atoms with Crippen LogP contribution in [0.5, 0.6) is 5.75 Å². The van der Waals surface area contributed by atoms with Crippen molar-refractivity contribution in [3.05, 3.63) is 45.7 Å². The van der Waals surface area contributed by atoms with Crippen LogP contribution in [0.15, 0.2) is 23.6 Å². The van der Waals surface area contributed by atoms with Crippen LogP contribution in [0.2, 0.25) is 0 Å². The van der Waals surface area contributed by atoms with Crippen LogP contribution < -0.4 is 10.5 Å². The summed E-state index contributed by atoms with van der Waals surface area (Å²) in [4.78, 5) is 4.68. The van der Waals surface area contributed by atoms with Gasteiger partial charge in [0.2, 0.25) is 0 Å². The molecule has 2 aromatic rings. The van der Waals surface area contributed by atoms with E-state index in [1.54, 1.807) is 17.4 Å². The molecule has 0 saturated heterocycles. The van der Waals surface area contributed by atoms with Gasteiger partial charge in [0.1, 0.15) is 17.7 Å². The van der Waals surface area contributed by atoms with Gasteiger partial charge in [-0.3, -0.25) is 0 Å². The Hall–Kier alpha value is -1.46. The molecular weight excluding hydrogens is 287 g/mol. The van der Waals surface area contributed by atoms with Crippen molar-refractivity contribution in [3.8, 4) is 5.75 Å². The third-order valence-electron chi connectivity index (χ3n) is 3.61. The van der Waals surface area contributed by atoms with Gasteiger partial charge < -0.3 is 10.5 Å². The fourth-order valence-electron chi connectivity index (χ4n) is 2.44. The minimum absolute atomic E-state index is 0.0176. The van der Waals surface area contributed by atoms with Crippen molar-refractivity contribution >= 4 is 11.3 Å². The molecule has 0 spiro atoms. The smallest absolute Gasteiger partial charge is 0.143 e. The van der Waals surface area contributed by atoms with E-state index in [1.165, 1.54) is 12.1 Å². The topological polar surface area (TPSA) is 48.1 Å². The number of fused-ring (bicyclic) bond motifs is 1. The molecule has 2 unspecified atom stereocenters. The average Bonchev–Trinajstić information content (AvgIpc) is 2.87. The first kappa shape index (κ1) is 14.5. The van der Waals surface area contributed by atoms with Crippen LogP contribution in [-0.4, -0.2) is 4.98 Å². The van der Waals surface area contributed by atoms with Crippen LogP contribution in [-0.2, 0) is 5.41 Å². The third kappa shape index (κ3) is 2.80. The lowest BCUT2D eigenvalue weighted by molar-refractivity contribution is 0.157. The van der Waals surface area contributed by atoms with E-state index in [0.29, 0.717) is 12.2 Å². The predicted molar refractivity (Wildman–Crippen MR) is 82.1 cm³/mol. The molecule has 0 amide bonds. The average molecular weight is 306 g/mol. The van der Waals surface area contributed by atoms with Crippen molar-refractivity contribution in [3.63, 3.8) is 0 Å². The van der Waals surface area contributed by atoms with Gasteiger partial charge in [-0.05, 0) is 6.07 Å². The molecule has 1 aromatic carbocycles. The maximum absolute atomic E-state index is 13.4. The Morgan fingerprint density at radius 1 is 1.38 bits per heavy atom. The normalized spacial score (nSPS) is 21.8. The number of halogens is 1. The van der Waals surface area contributed by atoms with E-state index in [2.05, 4.69) is 25.8 Å². The van der Waals surface area contributed by atoms with Crippen LogP contribution in [0.3, 0.4) is 0 Å². The number of hydrogen-bond acceptors (Lipinski definition) is 4. The Balaban J connectivity index is 1.90. The second-order valence-electron chi connectivity index (χ2n) is 6.46. The van der Waals surface area contributed by atoms with Crippen molar-refractivity contribution in [2.24, 2.45) is 5.73 Å². The molecule has 2 atom stereocenters. The molecule has 0 fully saturated rings. The van der Waals surface area contributed by atoms with Crippen LogP contribution in [0, 0.1) is 5.82 Å². The molecule has 1 aliphatic heterocycles. The lowest BCUT2D eigenvalue weighted by Crippen LogP contribution is -2.24. The number of ether oxygens (including phenoxy) is 1. The van der Waals surface area contributed by atoms with E-state index >= 15 is 0 Å². The summed E-state index contributed by atoms with van der Waals surface area (Å²) in [5.41, 5.74) is 7.95. The highest BCUT2D eigenvalue weighted by Gasteiger charge is 2.30. The number of nitrogens with zero attached hydrogens (tertiary/aromatic N) is 1. The largest absolute Gasteiger partial charge is 0.484 e. The maximum atomic E-state index is 13.4. The highest BCUT2D eigenvalue weighted by molar-refractivity contribution is 7.09. The zero-order chi connectivity index (χ0) is 15.2. The minimum Gasteiger partial charge on any atom is -0.484 e. The number of nitrogens with two attached hydrogens (primary N) is 1. The van der Waals surface area contributed by atoms with Gasteiger partial charge in [-0.1, -0.05) is 26.8 Å². The van der Waals surface area contributed by atoms with Gasteiger partial charge >= 0.3 is 0 Å². The van der Waals surface area contributed by atoms with Crippen molar-refractivity contribution < 1.29 is 9.13 Å². The van der Waals surface area contributed by atoms with Gasteiger partial charge in [0.15, 0.2) is 0 Å². The summed E-state index contributed by atoms with van der Waals surface area (Å²) >= 11 is 1.63. The molecule has 0 bridgehead atoms.